The van der Waals surface area contributed by atoms with Crippen LogP contribution in [0.3, 0.4) is 0 Å². The molecule has 14 heteroatoms. The van der Waals surface area contributed by atoms with Gasteiger partial charge in [-0.1, -0.05) is 19.1 Å². The van der Waals surface area contributed by atoms with E-state index in [0.29, 0.717) is 0 Å². The van der Waals surface area contributed by atoms with Gasteiger partial charge in [-0.2, -0.15) is 8.42 Å². The number of amidine groups is 1. The van der Waals surface area contributed by atoms with Gasteiger partial charge >= 0.3 is 0 Å². The van der Waals surface area contributed by atoms with Crippen molar-refractivity contribution in [2.75, 3.05) is 11.6 Å². The number of aliphatic hydroxyl groups is 1. The van der Waals surface area contributed by atoms with Crippen LogP contribution in [0.1, 0.15) is 30.9 Å². The SMILES string of the molecule is CC1C2CC[C@@H]1[C@H]1C(O)=C(C3=NS(=O)(=O)c4c(CNS(C)(=O)=O)csc4N3)C(=O)N(Cc3ccc(F)cc3)[C@@H]21. The highest BCUT2D eigenvalue weighted by molar-refractivity contribution is 7.91. The summed E-state index contributed by atoms with van der Waals surface area (Å²) >= 11 is 1.04. The zero-order chi connectivity index (χ0) is 27.9. The summed E-state index contributed by atoms with van der Waals surface area (Å²) in [6, 6.07) is 5.61. The Hall–Kier alpha value is -2.81. The van der Waals surface area contributed by atoms with Gasteiger partial charge in [-0.05, 0) is 53.7 Å². The van der Waals surface area contributed by atoms with Crippen LogP contribution in [0.2, 0.25) is 0 Å². The molecule has 0 radical (unpaired) electrons. The average molecular weight is 595 g/mol. The molecule has 1 amide bonds. The summed E-state index contributed by atoms with van der Waals surface area (Å²) < 4.78 is 69.4. The third-order valence-electron chi connectivity index (χ3n) is 8.40. The van der Waals surface area contributed by atoms with Crippen LogP contribution < -0.4 is 10.0 Å². The van der Waals surface area contributed by atoms with Crippen molar-refractivity contribution >= 4 is 48.1 Å². The molecule has 6 rings (SSSR count). The highest BCUT2D eigenvalue weighted by Gasteiger charge is 2.60. The highest BCUT2D eigenvalue weighted by atomic mass is 32.2. The number of carbonyl (C=O) groups excluding carboxylic acids is 1. The number of carbonyl (C=O) groups is 1. The number of nitrogens with one attached hydrogen (secondary N) is 2. The topological polar surface area (TPSA) is 145 Å². The smallest absolute Gasteiger partial charge is 0.287 e. The van der Waals surface area contributed by atoms with Crippen molar-refractivity contribution in [3.8, 4) is 0 Å². The number of anilines is 1. The van der Waals surface area contributed by atoms with Crippen LogP contribution in [0.5, 0.6) is 0 Å². The molecule has 5 atom stereocenters. The molecule has 3 heterocycles. The predicted octanol–water partition coefficient (Wildman–Crippen LogP) is 2.96. The van der Waals surface area contributed by atoms with Crippen LogP contribution in [0.25, 0.3) is 0 Å². The van der Waals surface area contributed by atoms with Crippen molar-refractivity contribution < 1.29 is 31.1 Å². The van der Waals surface area contributed by atoms with Crippen molar-refractivity contribution in [2.45, 2.75) is 43.8 Å². The number of thiophene rings is 1. The minimum absolute atomic E-state index is 0.130. The number of hydrogen-bond donors (Lipinski definition) is 3. The summed E-state index contributed by atoms with van der Waals surface area (Å²) in [5.41, 5.74) is 0.759. The van der Waals surface area contributed by atoms with Gasteiger partial charge in [-0.3, -0.25) is 4.79 Å². The molecule has 2 bridgehead atoms. The monoisotopic (exact) mass is 594 g/mol. The molecular weight excluding hydrogens is 567 g/mol. The van der Waals surface area contributed by atoms with E-state index < -0.39 is 31.8 Å². The normalized spacial score (nSPS) is 29.2. The van der Waals surface area contributed by atoms with E-state index in [-0.39, 0.29) is 75.4 Å². The van der Waals surface area contributed by atoms with Crippen LogP contribution in [0.15, 0.2) is 50.3 Å². The Morgan fingerprint density at radius 3 is 2.62 bits per heavy atom. The molecule has 2 unspecified atom stereocenters. The Balaban J connectivity index is 1.40. The molecule has 39 heavy (non-hydrogen) atoms. The number of aliphatic hydroxyl groups excluding tert-OH is 1. The third kappa shape index (κ3) is 4.37. The van der Waals surface area contributed by atoms with E-state index in [0.717, 1.165) is 36.0 Å². The molecule has 208 valence electrons. The van der Waals surface area contributed by atoms with E-state index in [1.165, 1.54) is 17.5 Å². The molecule has 2 saturated carbocycles. The van der Waals surface area contributed by atoms with Gasteiger partial charge < -0.3 is 15.3 Å². The summed E-state index contributed by atoms with van der Waals surface area (Å²) in [4.78, 5) is 15.5. The number of halogens is 1. The Bertz CT molecular complexity index is 1650. The van der Waals surface area contributed by atoms with Gasteiger partial charge in [0.2, 0.25) is 10.0 Å². The van der Waals surface area contributed by atoms with Crippen molar-refractivity contribution in [2.24, 2.45) is 28.1 Å². The number of hydrogen-bond acceptors (Lipinski definition) is 8. The predicted molar refractivity (Wildman–Crippen MR) is 144 cm³/mol. The van der Waals surface area contributed by atoms with Crippen LogP contribution in [0.4, 0.5) is 9.39 Å². The van der Waals surface area contributed by atoms with E-state index in [9.17, 15) is 31.1 Å². The summed E-state index contributed by atoms with van der Waals surface area (Å²) in [6.07, 6.45) is 2.80. The summed E-state index contributed by atoms with van der Waals surface area (Å²) in [5, 5.41) is 16.1. The van der Waals surface area contributed by atoms with Gasteiger partial charge in [0.1, 0.15) is 27.0 Å². The van der Waals surface area contributed by atoms with Crippen molar-refractivity contribution in [3.63, 3.8) is 0 Å². The third-order valence-corrected chi connectivity index (χ3v) is 11.6. The lowest BCUT2D eigenvalue weighted by molar-refractivity contribution is -0.134. The Kier molecular flexibility index (Phi) is 6.17. The van der Waals surface area contributed by atoms with Gasteiger partial charge in [-0.15, -0.1) is 15.7 Å². The van der Waals surface area contributed by atoms with E-state index in [1.807, 2.05) is 0 Å². The Labute approximate surface area is 229 Å². The van der Waals surface area contributed by atoms with Crippen LogP contribution >= 0.6 is 11.3 Å². The first-order valence-corrected chi connectivity index (χ1v) is 16.7. The maximum atomic E-state index is 14.0. The summed E-state index contributed by atoms with van der Waals surface area (Å²) in [6.45, 7) is 2.07. The molecule has 0 saturated heterocycles. The number of sulfonamides is 2. The Morgan fingerprint density at radius 1 is 1.23 bits per heavy atom. The number of amides is 1. The van der Waals surface area contributed by atoms with Gasteiger partial charge in [-0.25, -0.2) is 17.5 Å². The minimum atomic E-state index is -4.32. The molecule has 1 aromatic heterocycles. The van der Waals surface area contributed by atoms with Gasteiger partial charge in [0.25, 0.3) is 15.9 Å². The zero-order valence-electron chi connectivity index (χ0n) is 21.1. The fourth-order valence-corrected chi connectivity index (χ4v) is 9.78. The fourth-order valence-electron chi connectivity index (χ4n) is 6.75. The van der Waals surface area contributed by atoms with Crippen molar-refractivity contribution in [3.05, 3.63) is 57.9 Å². The van der Waals surface area contributed by atoms with Gasteiger partial charge in [0.15, 0.2) is 5.84 Å². The molecule has 1 aromatic carbocycles. The molecular formula is C25H27FN4O6S3. The molecule has 3 N–H and O–H groups in total. The molecule has 2 aliphatic carbocycles. The van der Waals surface area contributed by atoms with E-state index >= 15 is 0 Å². The van der Waals surface area contributed by atoms with E-state index in [1.54, 1.807) is 17.0 Å². The number of benzene rings is 1. The summed E-state index contributed by atoms with van der Waals surface area (Å²) in [7, 11) is -7.89. The van der Waals surface area contributed by atoms with Crippen LogP contribution in [-0.2, 0) is 37.9 Å². The molecule has 4 aliphatic rings. The average Bonchev–Trinajstić information content (AvgIpc) is 3.52. The minimum Gasteiger partial charge on any atom is -0.511 e. The Morgan fingerprint density at radius 2 is 1.92 bits per heavy atom. The first-order chi connectivity index (χ1) is 18.4. The molecule has 0 spiro atoms. The molecule has 2 fully saturated rings. The molecule has 2 aliphatic heterocycles. The van der Waals surface area contributed by atoms with Crippen LogP contribution in [0, 0.1) is 29.5 Å². The maximum absolute atomic E-state index is 14.0. The molecule has 10 nitrogen and oxygen atoms in total. The largest absolute Gasteiger partial charge is 0.511 e. The van der Waals surface area contributed by atoms with Crippen LogP contribution in [-0.4, -0.2) is 50.9 Å². The van der Waals surface area contributed by atoms with E-state index in [4.69, 9.17) is 0 Å². The summed E-state index contributed by atoms with van der Waals surface area (Å²) in [5.74, 6) is -1.12. The standard InChI is InChI=1S/C25H27FN4O6S3/c1-12-16-7-8-17(12)20-18(16)21(31)19(25(32)30(20)10-13-3-5-15(26)6-4-13)23-28-24-22(39(35,36)29-23)14(11-37-24)9-27-38(2,33)34/h3-6,11-12,16-18,20,27,31H,7-10H2,1-2H3,(H,28,29)/t12?,16-,17?,18+,20-/m0/s1. The lowest BCUT2D eigenvalue weighted by Gasteiger charge is -2.44. The second kappa shape index (κ2) is 9.11. The molecule has 2 aromatic rings. The first kappa shape index (κ1) is 26.4. The quantitative estimate of drug-likeness (QED) is 0.466. The second-order valence-electron chi connectivity index (χ2n) is 10.7. The van der Waals surface area contributed by atoms with E-state index in [2.05, 4.69) is 21.4 Å². The van der Waals surface area contributed by atoms with Crippen molar-refractivity contribution in [1.29, 1.82) is 0 Å². The fraction of sp³-hybridized carbons (Fsp3) is 0.440. The number of fused-ring (bicyclic) bond motifs is 6. The highest BCUT2D eigenvalue weighted by Crippen LogP contribution is 2.58. The van der Waals surface area contributed by atoms with Gasteiger partial charge in [0, 0.05) is 30.6 Å². The number of nitrogens with zero attached hydrogens (tertiary/aromatic N) is 2. The van der Waals surface area contributed by atoms with Crippen molar-refractivity contribution in [1.82, 2.24) is 9.62 Å². The lowest BCUT2D eigenvalue weighted by Crippen LogP contribution is -2.53. The lowest BCUT2D eigenvalue weighted by atomic mass is 9.77. The van der Waals surface area contributed by atoms with Gasteiger partial charge in [0.05, 0.1) is 6.26 Å². The second-order valence-corrected chi connectivity index (χ2v) is 14.9. The maximum Gasteiger partial charge on any atom is 0.287 e. The zero-order valence-corrected chi connectivity index (χ0v) is 23.5. The number of rotatable bonds is 6. The first-order valence-electron chi connectivity index (χ1n) is 12.5.